The molecule has 1 aromatic heterocycles. The lowest BCUT2D eigenvalue weighted by Gasteiger charge is -2.09. The summed E-state index contributed by atoms with van der Waals surface area (Å²) in [5, 5.41) is 11.3. The lowest BCUT2D eigenvalue weighted by molar-refractivity contribution is -0.123. The highest BCUT2D eigenvalue weighted by molar-refractivity contribution is 5.81. The van der Waals surface area contributed by atoms with Crippen LogP contribution in [0.5, 0.6) is 0 Å². The van der Waals surface area contributed by atoms with E-state index in [2.05, 4.69) is 10.3 Å². The number of carbonyl (C=O) groups excluding carboxylic acids is 1. The summed E-state index contributed by atoms with van der Waals surface area (Å²) in [7, 11) is 0. The first kappa shape index (κ1) is 13.3. The van der Waals surface area contributed by atoms with Crippen molar-refractivity contribution in [1.82, 2.24) is 10.3 Å². The third-order valence-corrected chi connectivity index (χ3v) is 2.73. The van der Waals surface area contributed by atoms with E-state index in [9.17, 15) is 9.59 Å². The Kier molecular flexibility index (Phi) is 3.98. The number of rotatable bonds is 5. The fourth-order valence-electron chi connectivity index (χ4n) is 1.69. The number of benzene rings is 1. The number of aromatic nitrogens is 1. The van der Waals surface area contributed by atoms with Gasteiger partial charge in [-0.25, -0.2) is 4.79 Å². The molecule has 7 nitrogen and oxygen atoms in total. The normalized spacial score (nSPS) is 12.5. The molecule has 0 aliphatic rings. The van der Waals surface area contributed by atoms with Crippen molar-refractivity contribution in [3.05, 3.63) is 34.3 Å². The van der Waals surface area contributed by atoms with Gasteiger partial charge in [0.15, 0.2) is 5.58 Å². The van der Waals surface area contributed by atoms with Crippen molar-refractivity contribution >= 4 is 17.0 Å². The Labute approximate surface area is 108 Å². The second-order valence-electron chi connectivity index (χ2n) is 4.18. The van der Waals surface area contributed by atoms with E-state index < -0.39 is 17.7 Å². The average Bonchev–Trinajstić information content (AvgIpc) is 2.77. The van der Waals surface area contributed by atoms with Crippen molar-refractivity contribution in [3.8, 4) is 0 Å². The third kappa shape index (κ3) is 3.21. The number of nitrogens with one attached hydrogen (secondary N) is 2. The maximum Gasteiger partial charge on any atom is 0.417 e. The molecule has 1 aromatic carbocycles. The monoisotopic (exact) mass is 265 g/mol. The van der Waals surface area contributed by atoms with Gasteiger partial charge in [-0.05, 0) is 24.1 Å². The zero-order valence-corrected chi connectivity index (χ0v) is 10.2. The van der Waals surface area contributed by atoms with Crippen LogP contribution in [0, 0.1) is 0 Å². The van der Waals surface area contributed by atoms with E-state index in [0.717, 1.165) is 5.56 Å². The van der Waals surface area contributed by atoms with Crippen LogP contribution in [0.1, 0.15) is 5.56 Å². The van der Waals surface area contributed by atoms with Crippen LogP contribution in [0.25, 0.3) is 11.1 Å². The number of H-pyrrole nitrogens is 1. The lowest BCUT2D eigenvalue weighted by atomic mass is 10.1. The highest BCUT2D eigenvalue weighted by atomic mass is 16.4. The number of nitrogens with two attached hydrogens (primary N) is 1. The number of amides is 1. The van der Waals surface area contributed by atoms with Gasteiger partial charge >= 0.3 is 5.76 Å². The zero-order valence-electron chi connectivity index (χ0n) is 10.2. The largest absolute Gasteiger partial charge is 0.417 e. The molecule has 0 radical (unpaired) electrons. The molecule has 1 heterocycles. The van der Waals surface area contributed by atoms with Gasteiger partial charge in [0.05, 0.1) is 12.1 Å². The van der Waals surface area contributed by atoms with Crippen molar-refractivity contribution in [2.75, 3.05) is 13.2 Å². The van der Waals surface area contributed by atoms with Crippen LogP contribution in [-0.4, -0.2) is 35.2 Å². The number of aliphatic hydroxyl groups excluding tert-OH is 1. The Morgan fingerprint density at radius 3 is 3.05 bits per heavy atom. The molecule has 1 unspecified atom stereocenters. The van der Waals surface area contributed by atoms with Gasteiger partial charge < -0.3 is 20.6 Å². The highest BCUT2D eigenvalue weighted by Gasteiger charge is 2.10. The third-order valence-electron chi connectivity index (χ3n) is 2.73. The molecule has 1 amide bonds. The fraction of sp³-hybridized carbons (Fsp3) is 0.333. The van der Waals surface area contributed by atoms with E-state index in [1.165, 1.54) is 0 Å². The van der Waals surface area contributed by atoms with Crippen LogP contribution >= 0.6 is 0 Å². The van der Waals surface area contributed by atoms with Crippen LogP contribution in [0.4, 0.5) is 0 Å². The van der Waals surface area contributed by atoms with Gasteiger partial charge in [-0.2, -0.15) is 0 Å². The van der Waals surface area contributed by atoms with Crippen molar-refractivity contribution in [3.63, 3.8) is 0 Å². The maximum absolute atomic E-state index is 11.3. The minimum atomic E-state index is -0.898. The van der Waals surface area contributed by atoms with Gasteiger partial charge in [-0.15, -0.1) is 0 Å². The molecular formula is C12H15N3O4. The van der Waals surface area contributed by atoms with Crippen LogP contribution in [-0.2, 0) is 11.2 Å². The fourth-order valence-corrected chi connectivity index (χ4v) is 1.69. The van der Waals surface area contributed by atoms with Crippen molar-refractivity contribution in [1.29, 1.82) is 0 Å². The Hall–Kier alpha value is -2.12. The summed E-state index contributed by atoms with van der Waals surface area (Å²) < 4.78 is 4.94. The molecule has 0 saturated carbocycles. The Bertz CT molecular complexity index is 631. The van der Waals surface area contributed by atoms with Gasteiger partial charge in [0.25, 0.3) is 0 Å². The summed E-state index contributed by atoms with van der Waals surface area (Å²) >= 11 is 0. The number of aromatic amines is 1. The van der Waals surface area contributed by atoms with Gasteiger partial charge in [0, 0.05) is 6.54 Å². The zero-order chi connectivity index (χ0) is 13.8. The van der Waals surface area contributed by atoms with Crippen molar-refractivity contribution < 1.29 is 14.3 Å². The molecule has 0 bridgehead atoms. The van der Waals surface area contributed by atoms with Crippen LogP contribution in [0.3, 0.4) is 0 Å². The number of oxazole rings is 1. The van der Waals surface area contributed by atoms with Gasteiger partial charge in [0.2, 0.25) is 5.91 Å². The van der Waals surface area contributed by atoms with Crippen LogP contribution < -0.4 is 16.8 Å². The lowest BCUT2D eigenvalue weighted by Crippen LogP contribution is -2.43. The smallest absolute Gasteiger partial charge is 0.408 e. The number of hydrogen-bond acceptors (Lipinski definition) is 5. The Morgan fingerprint density at radius 1 is 1.53 bits per heavy atom. The molecular weight excluding hydrogens is 250 g/mol. The van der Waals surface area contributed by atoms with E-state index in [4.69, 9.17) is 15.3 Å². The van der Waals surface area contributed by atoms with Gasteiger partial charge in [-0.3, -0.25) is 9.78 Å². The molecule has 0 saturated heterocycles. The molecule has 0 aliphatic carbocycles. The number of hydrogen-bond donors (Lipinski definition) is 4. The molecule has 0 aliphatic heterocycles. The van der Waals surface area contributed by atoms with Crippen LogP contribution in [0.2, 0.25) is 0 Å². The van der Waals surface area contributed by atoms with Crippen molar-refractivity contribution in [2.45, 2.75) is 12.5 Å². The van der Waals surface area contributed by atoms with E-state index in [0.29, 0.717) is 24.1 Å². The predicted molar refractivity (Wildman–Crippen MR) is 68.6 cm³/mol. The maximum atomic E-state index is 11.3. The number of carbonyl (C=O) groups is 1. The molecule has 1 atom stereocenters. The Morgan fingerprint density at radius 2 is 2.32 bits per heavy atom. The van der Waals surface area contributed by atoms with Crippen LogP contribution in [0.15, 0.2) is 27.4 Å². The van der Waals surface area contributed by atoms with Gasteiger partial charge in [0.1, 0.15) is 6.04 Å². The van der Waals surface area contributed by atoms with E-state index in [1.54, 1.807) is 12.1 Å². The van der Waals surface area contributed by atoms with Gasteiger partial charge in [-0.1, -0.05) is 6.07 Å². The first-order chi connectivity index (χ1) is 9.10. The molecule has 2 rings (SSSR count). The molecule has 0 fully saturated rings. The Balaban J connectivity index is 1.94. The topological polar surface area (TPSA) is 121 Å². The minimum Gasteiger partial charge on any atom is -0.408 e. The minimum absolute atomic E-state index is 0.383. The second-order valence-corrected chi connectivity index (χ2v) is 4.18. The quantitative estimate of drug-likeness (QED) is 0.558. The summed E-state index contributed by atoms with van der Waals surface area (Å²) in [5.41, 5.74) is 7.41. The highest BCUT2D eigenvalue weighted by Crippen LogP contribution is 2.12. The first-order valence-electron chi connectivity index (χ1n) is 5.86. The molecule has 0 spiro atoms. The summed E-state index contributed by atoms with van der Waals surface area (Å²) in [6, 6.07) is 4.43. The summed E-state index contributed by atoms with van der Waals surface area (Å²) in [5.74, 6) is -0.883. The summed E-state index contributed by atoms with van der Waals surface area (Å²) in [6.45, 7) is 0.0129. The summed E-state index contributed by atoms with van der Waals surface area (Å²) in [4.78, 5) is 24.9. The SMILES string of the molecule is NC(CO)C(=O)NCCc1ccc2[nH]c(=O)oc2c1. The number of fused-ring (bicyclic) bond motifs is 1. The molecule has 5 N–H and O–H groups in total. The average molecular weight is 265 g/mol. The van der Waals surface area contributed by atoms with E-state index in [-0.39, 0.29) is 6.61 Å². The van der Waals surface area contributed by atoms with Crippen molar-refractivity contribution in [2.24, 2.45) is 5.73 Å². The standard InChI is InChI=1S/C12H15N3O4/c13-8(6-16)11(17)14-4-3-7-1-2-9-10(5-7)19-12(18)15-9/h1-2,5,8,16H,3-4,6,13H2,(H,14,17)(H,15,18). The number of aliphatic hydroxyl groups is 1. The van der Waals surface area contributed by atoms with E-state index >= 15 is 0 Å². The first-order valence-corrected chi connectivity index (χ1v) is 5.86. The molecule has 2 aromatic rings. The second kappa shape index (κ2) is 5.68. The predicted octanol–water partition coefficient (Wildman–Crippen LogP) is -0.901. The molecule has 19 heavy (non-hydrogen) atoms. The molecule has 102 valence electrons. The summed E-state index contributed by atoms with van der Waals surface area (Å²) in [6.07, 6.45) is 0.578. The molecule has 7 heteroatoms. The van der Waals surface area contributed by atoms with E-state index in [1.807, 2.05) is 6.07 Å².